The van der Waals surface area contributed by atoms with E-state index in [0.29, 0.717) is 5.75 Å². The van der Waals surface area contributed by atoms with Gasteiger partial charge in [0.05, 0.1) is 6.61 Å². The van der Waals surface area contributed by atoms with Crippen LogP contribution in [0.3, 0.4) is 0 Å². The van der Waals surface area contributed by atoms with Crippen LogP contribution in [0, 0.1) is 0 Å². The lowest BCUT2D eigenvalue weighted by Gasteiger charge is -2.07. The number of hydrogen-bond acceptors (Lipinski definition) is 6. The molecule has 0 spiro atoms. The van der Waals surface area contributed by atoms with Gasteiger partial charge in [0.1, 0.15) is 12.4 Å². The maximum Gasteiger partial charge on any atom is 0.508 e. The van der Waals surface area contributed by atoms with Gasteiger partial charge in [-0.3, -0.25) is 0 Å². The molecular formula is C12H19O6P. The lowest BCUT2D eigenvalue weighted by Crippen LogP contribution is -2.06. The average Bonchev–Trinajstić information content (AvgIpc) is 2.40. The third-order valence-corrected chi connectivity index (χ3v) is 2.10. The van der Waals surface area contributed by atoms with E-state index >= 15 is 0 Å². The van der Waals surface area contributed by atoms with Crippen LogP contribution >= 0.6 is 8.60 Å². The molecule has 0 amide bonds. The molecule has 1 rings (SSSR count). The predicted octanol–water partition coefficient (Wildman–Crippen LogP) is 2.98. The van der Waals surface area contributed by atoms with Crippen molar-refractivity contribution in [3.8, 4) is 5.75 Å². The van der Waals surface area contributed by atoms with Crippen molar-refractivity contribution in [2.24, 2.45) is 0 Å². The van der Waals surface area contributed by atoms with E-state index in [1.165, 1.54) is 0 Å². The second-order valence-electron chi connectivity index (χ2n) is 2.96. The molecule has 0 bridgehead atoms. The molecular weight excluding hydrogens is 271 g/mol. The number of hydrogen-bond donors (Lipinski definition) is 2. The normalized spacial score (nSPS) is 9.37. The second-order valence-corrected chi connectivity index (χ2v) is 3.65. The van der Waals surface area contributed by atoms with Crippen LogP contribution in [0.2, 0.25) is 0 Å². The van der Waals surface area contributed by atoms with Crippen LogP contribution in [-0.2, 0) is 16.1 Å². The summed E-state index contributed by atoms with van der Waals surface area (Å²) in [7, 11) is -2.41. The largest absolute Gasteiger partial charge is 0.508 e. The Balaban J connectivity index is 0.00000154. The van der Waals surface area contributed by atoms with E-state index in [2.05, 4.69) is 9.26 Å². The Morgan fingerprint density at radius 3 is 2.21 bits per heavy atom. The molecule has 108 valence electrons. The first-order valence-corrected chi connectivity index (χ1v) is 7.02. The lowest BCUT2D eigenvalue weighted by molar-refractivity contribution is 0.0536. The molecule has 6 nitrogen and oxygen atoms in total. The third-order valence-electron chi connectivity index (χ3n) is 1.73. The van der Waals surface area contributed by atoms with Gasteiger partial charge >= 0.3 is 14.8 Å². The van der Waals surface area contributed by atoms with Gasteiger partial charge in [0.15, 0.2) is 0 Å². The fourth-order valence-electron chi connectivity index (χ4n) is 1.04. The van der Waals surface area contributed by atoms with Crippen LogP contribution in [-0.4, -0.2) is 22.5 Å². The van der Waals surface area contributed by atoms with Crippen molar-refractivity contribution in [1.29, 1.82) is 0 Å². The minimum atomic E-state index is -2.41. The molecule has 0 saturated heterocycles. The Morgan fingerprint density at radius 1 is 1.16 bits per heavy atom. The van der Waals surface area contributed by atoms with Crippen molar-refractivity contribution in [3.63, 3.8) is 0 Å². The summed E-state index contributed by atoms with van der Waals surface area (Å²) in [6.07, 6.45) is -0.720. The molecule has 0 aliphatic heterocycles. The zero-order chi connectivity index (χ0) is 14.7. The topological polar surface area (TPSA) is 85.2 Å². The van der Waals surface area contributed by atoms with E-state index in [4.69, 9.17) is 14.5 Å². The van der Waals surface area contributed by atoms with Crippen molar-refractivity contribution in [3.05, 3.63) is 29.8 Å². The third kappa shape index (κ3) is 8.37. The molecule has 1 aromatic carbocycles. The maximum absolute atomic E-state index is 10.9. The number of carbonyl (C=O) groups excluding carboxylic acids is 1. The Kier molecular flexibility index (Phi) is 9.80. The smallest absolute Gasteiger partial charge is 0.435 e. The summed E-state index contributed by atoms with van der Waals surface area (Å²) in [6, 6.07) is 6.39. The SMILES string of the molecule is CC.CCOC(=O)OCc1ccc(OP(O)O)cc1. The van der Waals surface area contributed by atoms with Crippen molar-refractivity contribution in [1.82, 2.24) is 0 Å². The Morgan fingerprint density at radius 2 is 1.74 bits per heavy atom. The highest BCUT2D eigenvalue weighted by molar-refractivity contribution is 7.39. The highest BCUT2D eigenvalue weighted by Crippen LogP contribution is 2.28. The summed E-state index contributed by atoms with van der Waals surface area (Å²) in [5, 5.41) is 0. The van der Waals surface area contributed by atoms with Crippen LogP contribution < -0.4 is 4.52 Å². The molecule has 0 radical (unpaired) electrons. The van der Waals surface area contributed by atoms with Gasteiger partial charge in [-0.1, -0.05) is 26.0 Å². The summed E-state index contributed by atoms with van der Waals surface area (Å²) in [5.41, 5.74) is 0.741. The molecule has 0 fully saturated rings. The van der Waals surface area contributed by atoms with Gasteiger partial charge in [-0.05, 0) is 24.6 Å². The van der Waals surface area contributed by atoms with Crippen LogP contribution in [0.5, 0.6) is 5.75 Å². The number of carbonyl (C=O) groups is 1. The molecule has 19 heavy (non-hydrogen) atoms. The summed E-state index contributed by atoms with van der Waals surface area (Å²) in [4.78, 5) is 28.1. The highest BCUT2D eigenvalue weighted by atomic mass is 31.2. The quantitative estimate of drug-likeness (QED) is 0.640. The van der Waals surface area contributed by atoms with Crippen LogP contribution in [0.15, 0.2) is 24.3 Å². The summed E-state index contributed by atoms with van der Waals surface area (Å²) in [5.74, 6) is 0.334. The first kappa shape index (κ1) is 17.6. The Hall–Kier alpha value is -1.36. The van der Waals surface area contributed by atoms with Crippen molar-refractivity contribution in [2.45, 2.75) is 27.4 Å². The molecule has 7 heteroatoms. The number of rotatable bonds is 5. The second kappa shape index (κ2) is 10.6. The highest BCUT2D eigenvalue weighted by Gasteiger charge is 2.05. The first-order chi connectivity index (χ1) is 9.11. The number of ether oxygens (including phenoxy) is 2. The molecule has 0 heterocycles. The van der Waals surface area contributed by atoms with E-state index in [1.807, 2.05) is 13.8 Å². The van der Waals surface area contributed by atoms with Gasteiger partial charge in [-0.15, -0.1) is 0 Å². The molecule has 0 aliphatic carbocycles. The van der Waals surface area contributed by atoms with Gasteiger partial charge in [-0.2, -0.15) is 0 Å². The van der Waals surface area contributed by atoms with Crippen LogP contribution in [0.1, 0.15) is 26.3 Å². The molecule has 2 N–H and O–H groups in total. The van der Waals surface area contributed by atoms with Gasteiger partial charge in [-0.25, -0.2) is 4.79 Å². The van der Waals surface area contributed by atoms with E-state index < -0.39 is 14.8 Å². The monoisotopic (exact) mass is 290 g/mol. The van der Waals surface area contributed by atoms with E-state index in [1.54, 1.807) is 31.2 Å². The summed E-state index contributed by atoms with van der Waals surface area (Å²) < 4.78 is 14.1. The minimum Gasteiger partial charge on any atom is -0.435 e. The average molecular weight is 290 g/mol. The zero-order valence-corrected chi connectivity index (χ0v) is 12.1. The first-order valence-electron chi connectivity index (χ1n) is 5.86. The molecule has 0 aliphatic rings. The predicted molar refractivity (Wildman–Crippen MR) is 71.6 cm³/mol. The minimum absolute atomic E-state index is 0.0894. The molecule has 0 saturated carbocycles. The van der Waals surface area contributed by atoms with Gasteiger partial charge in [0.2, 0.25) is 0 Å². The number of benzene rings is 1. The molecule has 0 unspecified atom stereocenters. The van der Waals surface area contributed by atoms with Crippen LogP contribution in [0.25, 0.3) is 0 Å². The van der Waals surface area contributed by atoms with Crippen LogP contribution in [0.4, 0.5) is 4.79 Å². The molecule has 1 aromatic rings. The van der Waals surface area contributed by atoms with Gasteiger partial charge in [0, 0.05) is 0 Å². The fraction of sp³-hybridized carbons (Fsp3) is 0.417. The Labute approximate surface area is 113 Å². The van der Waals surface area contributed by atoms with E-state index in [0.717, 1.165) is 5.56 Å². The lowest BCUT2D eigenvalue weighted by atomic mass is 10.2. The standard InChI is InChI=1S/C10H13O6P.C2H6/c1-2-14-10(11)15-7-8-3-5-9(6-4-8)16-17(12)13;1-2/h3-6,12-13H,2,7H2,1H3;1-2H3. The summed E-state index contributed by atoms with van der Waals surface area (Å²) >= 11 is 0. The van der Waals surface area contributed by atoms with Crippen molar-refractivity contribution in [2.75, 3.05) is 6.61 Å². The molecule has 0 aromatic heterocycles. The van der Waals surface area contributed by atoms with E-state index in [9.17, 15) is 4.79 Å². The van der Waals surface area contributed by atoms with Gasteiger partial charge < -0.3 is 23.8 Å². The van der Waals surface area contributed by atoms with Crippen molar-refractivity contribution >= 4 is 14.8 Å². The van der Waals surface area contributed by atoms with Crippen molar-refractivity contribution < 1.29 is 28.6 Å². The summed E-state index contributed by atoms with van der Waals surface area (Å²) in [6.45, 7) is 6.05. The Bertz CT molecular complexity index is 352. The molecule has 0 atom stereocenters. The van der Waals surface area contributed by atoms with E-state index in [-0.39, 0.29) is 13.2 Å². The zero-order valence-electron chi connectivity index (χ0n) is 11.2. The van der Waals surface area contributed by atoms with Gasteiger partial charge in [0.25, 0.3) is 0 Å². The maximum atomic E-state index is 10.9. The fourth-order valence-corrected chi connectivity index (χ4v) is 1.35.